The van der Waals surface area contributed by atoms with Crippen LogP contribution in [0.1, 0.15) is 64.4 Å². The molecule has 0 saturated heterocycles. The molecule has 1 heterocycles. The van der Waals surface area contributed by atoms with Crippen molar-refractivity contribution in [3.05, 3.63) is 17.0 Å². The summed E-state index contributed by atoms with van der Waals surface area (Å²) in [5.41, 5.74) is 3.54. The van der Waals surface area contributed by atoms with Gasteiger partial charge in [-0.25, -0.2) is 0 Å². The van der Waals surface area contributed by atoms with E-state index in [0.717, 1.165) is 25.1 Å². The van der Waals surface area contributed by atoms with E-state index in [4.69, 9.17) is 0 Å². The van der Waals surface area contributed by atoms with Crippen molar-refractivity contribution in [2.24, 2.45) is 5.92 Å². The third-order valence-electron chi connectivity index (χ3n) is 4.32. The number of nitrogens with zero attached hydrogens (tertiary/aromatic N) is 2. The first kappa shape index (κ1) is 18.2. The van der Waals surface area contributed by atoms with Crippen LogP contribution in [0.3, 0.4) is 0 Å². The van der Waals surface area contributed by atoms with E-state index in [-0.39, 0.29) is 11.6 Å². The smallest absolute Gasteiger partial charge is 0.0692 e. The summed E-state index contributed by atoms with van der Waals surface area (Å²) in [5.74, 6) is 0.386. The lowest BCUT2D eigenvalue weighted by Crippen LogP contribution is -2.32. The Bertz CT molecular complexity index is 442. The minimum absolute atomic E-state index is 0.00211. The summed E-state index contributed by atoms with van der Waals surface area (Å²) in [6.45, 7) is 16.4. The Morgan fingerprint density at radius 2 is 1.76 bits per heavy atom. The number of rotatable bonds is 7. The highest BCUT2D eigenvalue weighted by molar-refractivity contribution is 5.25. The molecule has 1 atom stereocenters. The molecule has 0 bridgehead atoms. The number of aliphatic hydroxyl groups excluding tert-OH is 1. The fourth-order valence-electron chi connectivity index (χ4n) is 2.93. The van der Waals surface area contributed by atoms with E-state index in [2.05, 4.69) is 63.6 Å². The summed E-state index contributed by atoms with van der Waals surface area (Å²) < 4.78 is 2.09. The molecule has 0 fully saturated rings. The van der Waals surface area contributed by atoms with E-state index in [0.29, 0.717) is 12.5 Å². The monoisotopic (exact) mass is 295 g/mol. The van der Waals surface area contributed by atoms with Gasteiger partial charge in [-0.05, 0) is 40.5 Å². The maximum Gasteiger partial charge on any atom is 0.0692 e. The number of hydrogen-bond acceptors (Lipinski definition) is 3. The van der Waals surface area contributed by atoms with E-state index in [1.165, 1.54) is 11.3 Å². The number of hydrogen-bond donors (Lipinski definition) is 2. The van der Waals surface area contributed by atoms with Gasteiger partial charge in [0.2, 0.25) is 0 Å². The van der Waals surface area contributed by atoms with Crippen LogP contribution in [0.25, 0.3) is 0 Å². The topological polar surface area (TPSA) is 50.1 Å². The van der Waals surface area contributed by atoms with Gasteiger partial charge in [0.25, 0.3) is 0 Å². The minimum atomic E-state index is -0.265. The molecule has 4 heteroatoms. The summed E-state index contributed by atoms with van der Waals surface area (Å²) in [5, 5.41) is 18.2. The first-order chi connectivity index (χ1) is 9.72. The first-order valence-corrected chi connectivity index (χ1v) is 8.16. The summed E-state index contributed by atoms with van der Waals surface area (Å²) >= 11 is 0. The molecule has 0 saturated carbocycles. The van der Waals surface area contributed by atoms with Crippen molar-refractivity contribution in [3.63, 3.8) is 0 Å². The van der Waals surface area contributed by atoms with Gasteiger partial charge in [-0.3, -0.25) is 4.68 Å². The third kappa shape index (κ3) is 4.55. The molecule has 4 nitrogen and oxygen atoms in total. The van der Waals surface area contributed by atoms with Gasteiger partial charge in [0.15, 0.2) is 0 Å². The molecule has 0 amide bonds. The van der Waals surface area contributed by atoms with Crippen LogP contribution < -0.4 is 5.32 Å². The second kappa shape index (κ2) is 7.41. The Morgan fingerprint density at radius 3 is 2.19 bits per heavy atom. The molecule has 0 aliphatic carbocycles. The number of aryl methyl sites for hydroxylation is 1. The molecule has 0 aliphatic heterocycles. The molecule has 122 valence electrons. The van der Waals surface area contributed by atoms with Crippen LogP contribution in [0.4, 0.5) is 0 Å². The Morgan fingerprint density at radius 1 is 1.19 bits per heavy atom. The average Bonchev–Trinajstić information content (AvgIpc) is 2.67. The molecule has 0 spiro atoms. The molecule has 1 aromatic heterocycles. The van der Waals surface area contributed by atoms with Crippen molar-refractivity contribution in [2.75, 3.05) is 6.54 Å². The summed E-state index contributed by atoms with van der Waals surface area (Å²) in [4.78, 5) is 0. The Kier molecular flexibility index (Phi) is 6.41. The fourth-order valence-corrected chi connectivity index (χ4v) is 2.93. The quantitative estimate of drug-likeness (QED) is 0.812. The zero-order valence-corrected chi connectivity index (χ0v) is 14.8. The van der Waals surface area contributed by atoms with E-state index in [1.807, 2.05) is 0 Å². The zero-order chi connectivity index (χ0) is 16.2. The summed E-state index contributed by atoms with van der Waals surface area (Å²) in [6, 6.07) is 0. The van der Waals surface area contributed by atoms with Gasteiger partial charge >= 0.3 is 0 Å². The molecule has 1 rings (SSSR count). The van der Waals surface area contributed by atoms with Crippen molar-refractivity contribution in [3.8, 4) is 0 Å². The highest BCUT2D eigenvalue weighted by atomic mass is 16.3. The van der Waals surface area contributed by atoms with E-state index < -0.39 is 0 Å². The number of nitrogens with one attached hydrogen (secondary N) is 1. The highest BCUT2D eigenvalue weighted by Gasteiger charge is 2.21. The van der Waals surface area contributed by atoms with Crippen molar-refractivity contribution < 1.29 is 5.11 Å². The molecular weight excluding hydrogens is 262 g/mol. The largest absolute Gasteiger partial charge is 0.392 e. The van der Waals surface area contributed by atoms with E-state index in [9.17, 15) is 5.11 Å². The van der Waals surface area contributed by atoms with Crippen molar-refractivity contribution in [1.82, 2.24) is 15.1 Å². The van der Waals surface area contributed by atoms with Crippen molar-refractivity contribution in [2.45, 2.75) is 79.5 Å². The maximum atomic E-state index is 10.2. The molecule has 1 unspecified atom stereocenters. The third-order valence-corrected chi connectivity index (χ3v) is 4.32. The lowest BCUT2D eigenvalue weighted by molar-refractivity contribution is 0.101. The standard InChI is InChI=1S/C17H33N3O/c1-8-14(9-2)16(21)11-18-10-15-12(3)19-20(13(15)4)17(5,6)7/h14,16,18,21H,8-11H2,1-7H3. The number of aliphatic hydroxyl groups is 1. The van der Waals surface area contributed by atoms with Crippen LogP contribution in [0, 0.1) is 19.8 Å². The van der Waals surface area contributed by atoms with Crippen LogP contribution >= 0.6 is 0 Å². The SMILES string of the molecule is CCC(CC)C(O)CNCc1c(C)nn(C(C)(C)C)c1C. The van der Waals surface area contributed by atoms with E-state index >= 15 is 0 Å². The Labute approximate surface area is 129 Å². The molecule has 0 radical (unpaired) electrons. The van der Waals surface area contributed by atoms with Crippen molar-refractivity contribution >= 4 is 0 Å². The zero-order valence-electron chi connectivity index (χ0n) is 14.8. The normalized spacial score (nSPS) is 14.0. The Balaban J connectivity index is 2.67. The first-order valence-electron chi connectivity index (χ1n) is 8.16. The van der Waals surface area contributed by atoms with Crippen LogP contribution in [-0.4, -0.2) is 27.5 Å². The van der Waals surface area contributed by atoms with Gasteiger partial charge < -0.3 is 10.4 Å². The van der Waals surface area contributed by atoms with Gasteiger partial charge in [-0.15, -0.1) is 0 Å². The van der Waals surface area contributed by atoms with Gasteiger partial charge in [-0.1, -0.05) is 26.7 Å². The fraction of sp³-hybridized carbons (Fsp3) is 0.824. The summed E-state index contributed by atoms with van der Waals surface area (Å²) in [6.07, 6.45) is 1.79. The lowest BCUT2D eigenvalue weighted by atomic mass is 9.96. The second-order valence-electron chi connectivity index (χ2n) is 7.01. The Hall–Kier alpha value is -0.870. The molecule has 2 N–H and O–H groups in total. The predicted molar refractivity (Wildman–Crippen MR) is 88.5 cm³/mol. The molecule has 0 aromatic carbocycles. The molecular formula is C17H33N3O. The second-order valence-corrected chi connectivity index (χ2v) is 7.01. The number of aromatic nitrogens is 2. The predicted octanol–water partition coefficient (Wildman–Crippen LogP) is 3.14. The van der Waals surface area contributed by atoms with Gasteiger partial charge in [0.05, 0.1) is 17.3 Å². The van der Waals surface area contributed by atoms with Crippen LogP contribution in [0.2, 0.25) is 0 Å². The average molecular weight is 295 g/mol. The summed E-state index contributed by atoms with van der Waals surface area (Å²) in [7, 11) is 0. The van der Waals surface area contributed by atoms with Crippen LogP contribution in [0.15, 0.2) is 0 Å². The van der Waals surface area contributed by atoms with Gasteiger partial charge in [0, 0.05) is 24.3 Å². The maximum absolute atomic E-state index is 10.2. The van der Waals surface area contributed by atoms with Crippen molar-refractivity contribution in [1.29, 1.82) is 0 Å². The van der Waals surface area contributed by atoms with Crippen LogP contribution in [0.5, 0.6) is 0 Å². The minimum Gasteiger partial charge on any atom is -0.392 e. The van der Waals surface area contributed by atoms with E-state index in [1.54, 1.807) is 0 Å². The lowest BCUT2D eigenvalue weighted by Gasteiger charge is -2.22. The van der Waals surface area contributed by atoms with Gasteiger partial charge in [-0.2, -0.15) is 5.10 Å². The van der Waals surface area contributed by atoms with Crippen LogP contribution in [-0.2, 0) is 12.1 Å². The van der Waals surface area contributed by atoms with Gasteiger partial charge in [0.1, 0.15) is 0 Å². The highest BCUT2D eigenvalue weighted by Crippen LogP contribution is 2.21. The molecule has 21 heavy (non-hydrogen) atoms. The molecule has 0 aliphatic rings. The molecule has 1 aromatic rings.